The van der Waals surface area contributed by atoms with Crippen LogP contribution in [0.25, 0.3) is 0 Å². The Bertz CT molecular complexity index is 343. The Morgan fingerprint density at radius 3 is 2.53 bits per heavy atom. The Balaban J connectivity index is 2.80. The lowest BCUT2D eigenvalue weighted by molar-refractivity contribution is 0.135. The number of hydrogen-bond acceptors (Lipinski definition) is 3. The van der Waals surface area contributed by atoms with E-state index in [4.69, 9.17) is 0 Å². The molecule has 4 heteroatoms. The minimum Gasteiger partial charge on any atom is -0.508 e. The third-order valence-corrected chi connectivity index (χ3v) is 2.34. The average Bonchev–Trinajstić information content (AvgIpc) is 2.12. The van der Waals surface area contributed by atoms with Gasteiger partial charge in [0.1, 0.15) is 12.0 Å². The van der Waals surface area contributed by atoms with Crippen molar-refractivity contribution >= 4 is 22.1 Å². The van der Waals surface area contributed by atoms with Crippen LogP contribution in [-0.2, 0) is 0 Å². The van der Waals surface area contributed by atoms with E-state index < -0.39 is 6.23 Å². The quantitative estimate of drug-likeness (QED) is 0.831. The first kappa shape index (κ1) is 12.2. The van der Waals surface area contributed by atoms with Gasteiger partial charge in [-0.15, -0.1) is 0 Å². The van der Waals surface area contributed by atoms with Gasteiger partial charge in [-0.1, -0.05) is 29.8 Å². The summed E-state index contributed by atoms with van der Waals surface area (Å²) in [5, 5.41) is 18.8. The van der Waals surface area contributed by atoms with E-state index >= 15 is 0 Å². The van der Waals surface area contributed by atoms with Crippen molar-refractivity contribution in [3.63, 3.8) is 0 Å². The molecule has 0 aliphatic heterocycles. The van der Waals surface area contributed by atoms with E-state index in [-0.39, 0.29) is 11.7 Å². The lowest BCUT2D eigenvalue weighted by Gasteiger charge is -2.08. The molecule has 0 spiro atoms. The Labute approximate surface area is 97.6 Å². The van der Waals surface area contributed by atoms with E-state index in [1.54, 1.807) is 18.3 Å². The minimum atomic E-state index is -0.703. The van der Waals surface area contributed by atoms with Gasteiger partial charge in [0.2, 0.25) is 0 Å². The zero-order chi connectivity index (χ0) is 11.4. The first-order valence-corrected chi connectivity index (χ1v) is 5.49. The fraction of sp³-hybridized carbons (Fsp3) is 0.364. The summed E-state index contributed by atoms with van der Waals surface area (Å²) in [6.45, 7) is 3.78. The van der Waals surface area contributed by atoms with Crippen molar-refractivity contribution in [2.75, 3.05) is 0 Å². The monoisotopic (exact) mass is 271 g/mol. The van der Waals surface area contributed by atoms with Gasteiger partial charge < -0.3 is 10.2 Å². The van der Waals surface area contributed by atoms with E-state index in [2.05, 4.69) is 20.9 Å². The van der Waals surface area contributed by atoms with Gasteiger partial charge in [0, 0.05) is 10.7 Å². The number of aliphatic imine (C=N–C) groups is 1. The van der Waals surface area contributed by atoms with Crippen LogP contribution in [0.2, 0.25) is 0 Å². The number of rotatable bonds is 3. The van der Waals surface area contributed by atoms with E-state index in [0.717, 1.165) is 10.0 Å². The standard InChI is InChI=1S/C11H14BrNO2/c1-7(2)11(15)13-6-8-3-9(12)5-10(14)4-8/h3-7,11,14-15H,1-2H3. The molecule has 0 amide bonds. The van der Waals surface area contributed by atoms with Gasteiger partial charge in [-0.05, 0) is 29.7 Å². The number of hydrogen-bond donors (Lipinski definition) is 2. The van der Waals surface area contributed by atoms with Crippen LogP contribution in [0.4, 0.5) is 0 Å². The molecule has 1 rings (SSSR count). The topological polar surface area (TPSA) is 52.8 Å². The SMILES string of the molecule is CC(C)C(O)N=Cc1cc(O)cc(Br)c1. The number of aliphatic hydroxyl groups is 1. The molecule has 0 saturated carbocycles. The van der Waals surface area contributed by atoms with Crippen molar-refractivity contribution in [2.45, 2.75) is 20.1 Å². The van der Waals surface area contributed by atoms with Gasteiger partial charge in [0.15, 0.2) is 0 Å². The molecule has 0 saturated heterocycles. The zero-order valence-corrected chi connectivity index (χ0v) is 10.3. The molecule has 1 aromatic rings. The summed E-state index contributed by atoms with van der Waals surface area (Å²) >= 11 is 3.26. The molecule has 0 aromatic heterocycles. The molecule has 3 nitrogen and oxygen atoms in total. The minimum absolute atomic E-state index is 0.0852. The first-order valence-electron chi connectivity index (χ1n) is 4.70. The molecule has 2 N–H and O–H groups in total. The molecule has 0 heterocycles. The Kier molecular flexibility index (Phi) is 4.29. The van der Waals surface area contributed by atoms with Gasteiger partial charge in [0.05, 0.1) is 0 Å². The molecule has 1 atom stereocenters. The van der Waals surface area contributed by atoms with Crippen LogP contribution in [0, 0.1) is 5.92 Å². The van der Waals surface area contributed by atoms with Crippen molar-refractivity contribution < 1.29 is 10.2 Å². The summed E-state index contributed by atoms with van der Waals surface area (Å²) in [5.41, 5.74) is 0.751. The number of aromatic hydroxyl groups is 1. The van der Waals surface area contributed by atoms with Crippen LogP contribution in [0.5, 0.6) is 5.75 Å². The van der Waals surface area contributed by atoms with Crippen molar-refractivity contribution in [3.05, 3.63) is 28.2 Å². The number of aliphatic hydroxyl groups excluding tert-OH is 1. The normalized spacial score (nSPS) is 13.7. The largest absolute Gasteiger partial charge is 0.508 e. The predicted octanol–water partition coefficient (Wildman–Crippen LogP) is 2.55. The lowest BCUT2D eigenvalue weighted by atomic mass is 10.2. The highest BCUT2D eigenvalue weighted by molar-refractivity contribution is 9.10. The van der Waals surface area contributed by atoms with Gasteiger partial charge >= 0.3 is 0 Å². The molecule has 15 heavy (non-hydrogen) atoms. The van der Waals surface area contributed by atoms with E-state index in [9.17, 15) is 10.2 Å². The number of phenols is 1. The van der Waals surface area contributed by atoms with E-state index in [1.807, 2.05) is 19.9 Å². The van der Waals surface area contributed by atoms with Crippen molar-refractivity contribution in [1.29, 1.82) is 0 Å². The molecular formula is C11H14BrNO2. The van der Waals surface area contributed by atoms with Crippen LogP contribution < -0.4 is 0 Å². The Morgan fingerprint density at radius 1 is 1.33 bits per heavy atom. The highest BCUT2D eigenvalue weighted by Gasteiger charge is 2.04. The van der Waals surface area contributed by atoms with Crippen LogP contribution in [0.15, 0.2) is 27.7 Å². The second kappa shape index (κ2) is 5.28. The third kappa shape index (κ3) is 4.01. The van der Waals surface area contributed by atoms with Crippen molar-refractivity contribution in [1.82, 2.24) is 0 Å². The second-order valence-corrected chi connectivity index (χ2v) is 4.59. The van der Waals surface area contributed by atoms with Crippen LogP contribution in [-0.4, -0.2) is 22.7 Å². The molecule has 0 aliphatic carbocycles. The first-order chi connectivity index (χ1) is 6.99. The van der Waals surface area contributed by atoms with Crippen LogP contribution >= 0.6 is 15.9 Å². The number of phenolic OH excluding ortho intramolecular Hbond substituents is 1. The number of halogens is 1. The molecule has 0 bridgehead atoms. The van der Waals surface area contributed by atoms with Crippen molar-refractivity contribution in [3.8, 4) is 5.75 Å². The maximum absolute atomic E-state index is 9.45. The summed E-state index contributed by atoms with van der Waals surface area (Å²) < 4.78 is 0.781. The van der Waals surface area contributed by atoms with Gasteiger partial charge in [0.25, 0.3) is 0 Å². The fourth-order valence-corrected chi connectivity index (χ4v) is 1.50. The molecule has 1 unspecified atom stereocenters. The molecular weight excluding hydrogens is 258 g/mol. The summed E-state index contributed by atoms with van der Waals surface area (Å²) in [4.78, 5) is 3.97. The molecule has 0 fully saturated rings. The third-order valence-electron chi connectivity index (χ3n) is 1.88. The highest BCUT2D eigenvalue weighted by atomic mass is 79.9. The predicted molar refractivity (Wildman–Crippen MR) is 64.2 cm³/mol. The fourth-order valence-electron chi connectivity index (χ4n) is 1.01. The Morgan fingerprint density at radius 2 is 2.00 bits per heavy atom. The summed E-state index contributed by atoms with van der Waals surface area (Å²) in [7, 11) is 0. The van der Waals surface area contributed by atoms with Crippen LogP contribution in [0.1, 0.15) is 19.4 Å². The molecule has 82 valence electrons. The molecule has 1 aromatic carbocycles. The number of benzene rings is 1. The Hall–Kier alpha value is -0.870. The molecule has 0 aliphatic rings. The lowest BCUT2D eigenvalue weighted by Crippen LogP contribution is -2.11. The summed E-state index contributed by atoms with van der Waals surface area (Å²) in [5.74, 6) is 0.256. The zero-order valence-electron chi connectivity index (χ0n) is 8.68. The van der Waals surface area contributed by atoms with Gasteiger partial charge in [-0.25, -0.2) is 0 Å². The average molecular weight is 272 g/mol. The summed E-state index contributed by atoms with van der Waals surface area (Å²) in [6.07, 6.45) is 0.848. The van der Waals surface area contributed by atoms with Gasteiger partial charge in [-0.3, -0.25) is 4.99 Å². The summed E-state index contributed by atoms with van der Waals surface area (Å²) in [6, 6.07) is 4.99. The maximum atomic E-state index is 9.45. The maximum Gasteiger partial charge on any atom is 0.147 e. The highest BCUT2D eigenvalue weighted by Crippen LogP contribution is 2.19. The van der Waals surface area contributed by atoms with Gasteiger partial charge in [-0.2, -0.15) is 0 Å². The second-order valence-electron chi connectivity index (χ2n) is 3.68. The van der Waals surface area contributed by atoms with Crippen molar-refractivity contribution in [2.24, 2.45) is 10.9 Å². The van der Waals surface area contributed by atoms with E-state index in [1.165, 1.54) is 0 Å². The number of nitrogens with zero attached hydrogens (tertiary/aromatic N) is 1. The molecule has 0 radical (unpaired) electrons. The van der Waals surface area contributed by atoms with E-state index in [0.29, 0.717) is 0 Å². The smallest absolute Gasteiger partial charge is 0.147 e. The van der Waals surface area contributed by atoms with Crippen LogP contribution in [0.3, 0.4) is 0 Å².